The Morgan fingerprint density at radius 2 is 1.65 bits per heavy atom. The maximum Gasteiger partial charge on any atom is 0.335 e. The number of phenolic OH excluding ortho intramolecular Hbond substituents is 1. The van der Waals surface area contributed by atoms with Crippen molar-refractivity contribution in [3.8, 4) is 17.2 Å². The molecule has 0 fully saturated rings. The molecule has 2 aromatic rings. The number of carboxylic acid groups (broad SMARTS) is 1. The molecule has 4 nitrogen and oxygen atoms in total. The second-order valence-electron chi connectivity index (χ2n) is 3.43. The van der Waals surface area contributed by atoms with Crippen LogP contribution >= 0.6 is 0 Å². The van der Waals surface area contributed by atoms with Crippen molar-refractivity contribution in [2.24, 2.45) is 0 Å². The van der Waals surface area contributed by atoms with Crippen molar-refractivity contribution in [3.63, 3.8) is 0 Å². The number of aromatic hydroxyl groups is 1. The third-order valence-corrected chi connectivity index (χ3v) is 2.13. The number of phenols is 1. The summed E-state index contributed by atoms with van der Waals surface area (Å²) in [5.41, 5.74) is 0.155. The van der Waals surface area contributed by atoms with Crippen LogP contribution in [0.2, 0.25) is 0 Å². The molecular weight excluding hydrogens is 220 g/mol. The zero-order valence-electron chi connectivity index (χ0n) is 8.83. The normalized spacial score (nSPS) is 9.88. The molecule has 2 aromatic carbocycles. The third-order valence-electron chi connectivity index (χ3n) is 2.13. The topological polar surface area (TPSA) is 66.8 Å². The van der Waals surface area contributed by atoms with Gasteiger partial charge in [-0.3, -0.25) is 0 Å². The van der Waals surface area contributed by atoms with Crippen molar-refractivity contribution in [3.05, 3.63) is 54.1 Å². The lowest BCUT2D eigenvalue weighted by atomic mass is 10.2. The van der Waals surface area contributed by atoms with Crippen molar-refractivity contribution < 1.29 is 19.7 Å². The molecule has 4 heteroatoms. The van der Waals surface area contributed by atoms with Gasteiger partial charge in [0, 0.05) is 6.07 Å². The van der Waals surface area contributed by atoms with Gasteiger partial charge in [0.05, 0.1) is 5.56 Å². The third kappa shape index (κ3) is 2.75. The van der Waals surface area contributed by atoms with Crippen LogP contribution < -0.4 is 4.74 Å². The maximum absolute atomic E-state index is 10.8. The molecule has 0 spiro atoms. The second-order valence-corrected chi connectivity index (χ2v) is 3.43. The highest BCUT2D eigenvalue weighted by Gasteiger charge is 2.04. The molecule has 0 heterocycles. The average molecular weight is 230 g/mol. The van der Waals surface area contributed by atoms with E-state index in [1.165, 1.54) is 24.3 Å². The molecule has 0 bridgehead atoms. The van der Waals surface area contributed by atoms with Crippen molar-refractivity contribution in [2.75, 3.05) is 0 Å². The number of hydrogen-bond donors (Lipinski definition) is 2. The Labute approximate surface area is 97.7 Å². The fourth-order valence-corrected chi connectivity index (χ4v) is 1.38. The minimum Gasteiger partial charge on any atom is -0.508 e. The number of ether oxygens (including phenoxy) is 1. The fourth-order valence-electron chi connectivity index (χ4n) is 1.38. The predicted molar refractivity (Wildman–Crippen MR) is 61.6 cm³/mol. The van der Waals surface area contributed by atoms with Gasteiger partial charge in [0.25, 0.3) is 0 Å². The molecule has 0 aliphatic carbocycles. The number of aromatic carboxylic acids is 1. The van der Waals surface area contributed by atoms with Crippen LogP contribution in [0.15, 0.2) is 48.5 Å². The molecule has 0 aromatic heterocycles. The molecule has 0 aliphatic heterocycles. The first-order valence-electron chi connectivity index (χ1n) is 4.95. The van der Waals surface area contributed by atoms with Crippen LogP contribution in [0.1, 0.15) is 10.4 Å². The molecule has 2 rings (SSSR count). The average Bonchev–Trinajstić information content (AvgIpc) is 2.29. The molecule has 86 valence electrons. The smallest absolute Gasteiger partial charge is 0.335 e. The van der Waals surface area contributed by atoms with Gasteiger partial charge in [-0.2, -0.15) is 0 Å². The number of carbonyl (C=O) groups is 1. The molecule has 0 radical (unpaired) electrons. The standard InChI is InChI=1S/C13H10O4/c14-10-4-2-6-12(8-10)17-11-5-1-3-9(7-11)13(15)16/h1-8,14H,(H,15,16). The van der Waals surface area contributed by atoms with Crippen molar-refractivity contribution in [2.45, 2.75) is 0 Å². The molecule has 0 unspecified atom stereocenters. The Kier molecular flexibility index (Phi) is 2.96. The molecule has 0 saturated heterocycles. The van der Waals surface area contributed by atoms with Gasteiger partial charge >= 0.3 is 5.97 Å². The summed E-state index contributed by atoms with van der Waals surface area (Å²) in [5, 5.41) is 18.1. The highest BCUT2D eigenvalue weighted by molar-refractivity contribution is 5.88. The number of carboxylic acids is 1. The van der Waals surface area contributed by atoms with E-state index in [9.17, 15) is 9.90 Å². The first-order valence-corrected chi connectivity index (χ1v) is 4.95. The van der Waals surface area contributed by atoms with Crippen LogP contribution in [-0.2, 0) is 0 Å². The summed E-state index contributed by atoms with van der Waals surface area (Å²) < 4.78 is 5.43. The van der Waals surface area contributed by atoms with Gasteiger partial charge < -0.3 is 14.9 Å². The minimum atomic E-state index is -1.01. The van der Waals surface area contributed by atoms with Gasteiger partial charge in [0.15, 0.2) is 0 Å². The maximum atomic E-state index is 10.8. The Morgan fingerprint density at radius 3 is 2.29 bits per heavy atom. The van der Waals surface area contributed by atoms with E-state index in [4.69, 9.17) is 9.84 Å². The van der Waals surface area contributed by atoms with Gasteiger partial charge in [0.1, 0.15) is 17.2 Å². The lowest BCUT2D eigenvalue weighted by molar-refractivity contribution is 0.0696. The minimum absolute atomic E-state index is 0.0943. The van der Waals surface area contributed by atoms with Crippen molar-refractivity contribution >= 4 is 5.97 Å². The molecular formula is C13H10O4. The molecule has 0 amide bonds. The zero-order valence-corrected chi connectivity index (χ0v) is 8.83. The van der Waals surface area contributed by atoms with E-state index in [1.807, 2.05) is 0 Å². The summed E-state index contributed by atoms with van der Waals surface area (Å²) in [6.45, 7) is 0. The summed E-state index contributed by atoms with van der Waals surface area (Å²) in [6.07, 6.45) is 0. The fraction of sp³-hybridized carbons (Fsp3) is 0. The summed E-state index contributed by atoms with van der Waals surface area (Å²) in [5.74, 6) is -0.0497. The van der Waals surface area contributed by atoms with Gasteiger partial charge in [-0.15, -0.1) is 0 Å². The molecule has 2 N–H and O–H groups in total. The first-order chi connectivity index (χ1) is 8.15. The van der Waals surface area contributed by atoms with Crippen LogP contribution in [0.25, 0.3) is 0 Å². The van der Waals surface area contributed by atoms with Crippen LogP contribution in [-0.4, -0.2) is 16.2 Å². The lowest BCUT2D eigenvalue weighted by Gasteiger charge is -2.06. The predicted octanol–water partition coefficient (Wildman–Crippen LogP) is 2.88. The number of hydrogen-bond acceptors (Lipinski definition) is 3. The monoisotopic (exact) mass is 230 g/mol. The Bertz CT molecular complexity index is 549. The first kappa shape index (κ1) is 11.0. The van der Waals surface area contributed by atoms with Gasteiger partial charge in [-0.1, -0.05) is 12.1 Å². The lowest BCUT2D eigenvalue weighted by Crippen LogP contribution is -1.95. The van der Waals surface area contributed by atoms with E-state index in [-0.39, 0.29) is 11.3 Å². The van der Waals surface area contributed by atoms with E-state index < -0.39 is 5.97 Å². The van der Waals surface area contributed by atoms with Crippen LogP contribution in [0.4, 0.5) is 0 Å². The summed E-state index contributed by atoms with van der Waals surface area (Å²) in [7, 11) is 0. The van der Waals surface area contributed by atoms with E-state index >= 15 is 0 Å². The Balaban J connectivity index is 2.24. The van der Waals surface area contributed by atoms with Crippen molar-refractivity contribution in [1.82, 2.24) is 0 Å². The summed E-state index contributed by atoms with van der Waals surface area (Å²) in [6, 6.07) is 12.5. The van der Waals surface area contributed by atoms with Crippen LogP contribution in [0.3, 0.4) is 0 Å². The number of rotatable bonds is 3. The van der Waals surface area contributed by atoms with E-state index in [0.717, 1.165) is 0 Å². The molecule has 0 saturated carbocycles. The second kappa shape index (κ2) is 4.57. The quantitative estimate of drug-likeness (QED) is 0.850. The van der Waals surface area contributed by atoms with E-state index in [2.05, 4.69) is 0 Å². The van der Waals surface area contributed by atoms with Gasteiger partial charge in [0.2, 0.25) is 0 Å². The number of benzene rings is 2. The van der Waals surface area contributed by atoms with Crippen molar-refractivity contribution in [1.29, 1.82) is 0 Å². The summed E-state index contributed by atoms with van der Waals surface area (Å²) >= 11 is 0. The van der Waals surface area contributed by atoms with Crippen LogP contribution in [0, 0.1) is 0 Å². The highest BCUT2D eigenvalue weighted by atomic mass is 16.5. The van der Waals surface area contributed by atoms with Crippen LogP contribution in [0.5, 0.6) is 17.2 Å². The van der Waals surface area contributed by atoms with E-state index in [0.29, 0.717) is 11.5 Å². The molecule has 0 aliphatic rings. The van der Waals surface area contributed by atoms with E-state index in [1.54, 1.807) is 24.3 Å². The zero-order chi connectivity index (χ0) is 12.3. The summed E-state index contributed by atoms with van der Waals surface area (Å²) in [4.78, 5) is 10.8. The van der Waals surface area contributed by atoms with Gasteiger partial charge in [-0.25, -0.2) is 4.79 Å². The Morgan fingerprint density at radius 1 is 1.00 bits per heavy atom. The highest BCUT2D eigenvalue weighted by Crippen LogP contribution is 2.25. The molecule has 0 atom stereocenters. The largest absolute Gasteiger partial charge is 0.508 e. The Hall–Kier alpha value is -2.49. The molecule has 17 heavy (non-hydrogen) atoms. The van der Waals surface area contributed by atoms with Gasteiger partial charge in [-0.05, 0) is 30.3 Å². The SMILES string of the molecule is O=C(O)c1cccc(Oc2cccc(O)c2)c1.